The summed E-state index contributed by atoms with van der Waals surface area (Å²) >= 11 is 5.98. The van der Waals surface area contributed by atoms with Crippen LogP contribution in [-0.2, 0) is 23.4 Å². The van der Waals surface area contributed by atoms with E-state index in [1.54, 1.807) is 34.9 Å². The predicted octanol–water partition coefficient (Wildman–Crippen LogP) is 3.48. The molecule has 1 aliphatic rings. The molecule has 4 rings (SSSR count). The molecule has 0 bridgehead atoms. The Morgan fingerprint density at radius 2 is 2.05 bits per heavy atom. The molecule has 13 nitrogen and oxygen atoms in total. The van der Waals surface area contributed by atoms with Crippen molar-refractivity contribution in [1.82, 2.24) is 24.6 Å². The summed E-state index contributed by atoms with van der Waals surface area (Å²) in [4.78, 5) is 25.0. The number of aliphatic hydroxyl groups excluding tert-OH is 1. The lowest BCUT2D eigenvalue weighted by Crippen LogP contribution is -2.38. The Hall–Kier alpha value is -2.80. The fraction of sp³-hybridized carbons (Fsp3) is 0.500. The largest absolute Gasteiger partial charge is 0.464 e. The lowest BCUT2D eigenvalue weighted by atomic mass is 9.99. The highest BCUT2D eigenvalue weighted by molar-refractivity contribution is 7.52. The van der Waals surface area contributed by atoms with Crippen LogP contribution in [0.4, 0.5) is 5.82 Å². The molecule has 15 heteroatoms. The number of nitrogen functional groups attached to an aromatic ring is 1. The molecule has 2 unspecified atom stereocenters. The summed E-state index contributed by atoms with van der Waals surface area (Å²) in [6.45, 7) is 7.00. The molecular formula is C24H32ClN6O7P. The standard InChI is InChI=1S/C24H32ClN6O7P/c1-14(22(33)35-12-24(2,3)4)30-39(34,37-15-8-6-5-7-9-15)38-16-10-18(36-17(16)11-32)31-13-27-19-20(26)28-23(25)29-21(19)31/h5-9,13-14,16-18,32H,10-12H2,1-4H3,(H,30,34)(H2,26,28,29)/t14-,16+,17?,18+,39?/m0/s1. The monoisotopic (exact) mass is 582 g/mol. The molecule has 1 fully saturated rings. The van der Waals surface area contributed by atoms with Crippen LogP contribution < -0.4 is 15.3 Å². The first-order chi connectivity index (χ1) is 18.4. The van der Waals surface area contributed by atoms with Crippen molar-refractivity contribution in [3.63, 3.8) is 0 Å². The van der Waals surface area contributed by atoms with Gasteiger partial charge in [-0.3, -0.25) is 13.9 Å². The Balaban J connectivity index is 1.56. The van der Waals surface area contributed by atoms with E-state index in [1.807, 2.05) is 20.8 Å². The Bertz CT molecular complexity index is 1350. The van der Waals surface area contributed by atoms with Gasteiger partial charge < -0.3 is 24.8 Å². The van der Waals surface area contributed by atoms with E-state index in [0.29, 0.717) is 11.2 Å². The maximum absolute atomic E-state index is 14.0. The van der Waals surface area contributed by atoms with E-state index in [4.69, 9.17) is 35.9 Å². The van der Waals surface area contributed by atoms with Crippen LogP contribution in [-0.4, -0.2) is 62.1 Å². The molecule has 0 spiro atoms. The zero-order valence-electron chi connectivity index (χ0n) is 22.0. The van der Waals surface area contributed by atoms with Crippen molar-refractivity contribution in [2.24, 2.45) is 5.41 Å². The molecule has 39 heavy (non-hydrogen) atoms. The normalized spacial score (nSPS) is 21.9. The van der Waals surface area contributed by atoms with Gasteiger partial charge in [-0.2, -0.15) is 15.1 Å². The second kappa shape index (κ2) is 11.7. The van der Waals surface area contributed by atoms with Crippen LogP contribution in [0.1, 0.15) is 40.3 Å². The minimum absolute atomic E-state index is 0.0662. The quantitative estimate of drug-likeness (QED) is 0.181. The number of hydrogen-bond donors (Lipinski definition) is 3. The fourth-order valence-electron chi connectivity index (χ4n) is 3.85. The topological polar surface area (TPSA) is 173 Å². The average Bonchev–Trinajstić information content (AvgIpc) is 3.46. The highest BCUT2D eigenvalue weighted by atomic mass is 35.5. The van der Waals surface area contributed by atoms with E-state index >= 15 is 0 Å². The molecule has 2 aromatic heterocycles. The van der Waals surface area contributed by atoms with Crippen molar-refractivity contribution in [2.45, 2.75) is 58.6 Å². The van der Waals surface area contributed by atoms with Gasteiger partial charge in [-0.1, -0.05) is 39.0 Å². The first-order valence-corrected chi connectivity index (χ1v) is 14.2. The second-order valence-electron chi connectivity index (χ2n) is 10.3. The molecule has 1 saturated heterocycles. The third-order valence-corrected chi connectivity index (χ3v) is 7.56. The van der Waals surface area contributed by atoms with E-state index in [-0.39, 0.29) is 35.3 Å². The number of carbonyl (C=O) groups is 1. The number of nitrogens with one attached hydrogen (secondary N) is 1. The average molecular weight is 583 g/mol. The lowest BCUT2D eigenvalue weighted by Gasteiger charge is -2.27. The Morgan fingerprint density at radius 3 is 2.72 bits per heavy atom. The molecule has 0 amide bonds. The minimum Gasteiger partial charge on any atom is -0.464 e. The molecule has 4 N–H and O–H groups in total. The molecule has 3 heterocycles. The molecule has 0 saturated carbocycles. The summed E-state index contributed by atoms with van der Waals surface area (Å²) in [5.74, 6) is -0.267. The van der Waals surface area contributed by atoms with Gasteiger partial charge in [0.1, 0.15) is 35.7 Å². The van der Waals surface area contributed by atoms with E-state index in [2.05, 4.69) is 20.0 Å². The van der Waals surface area contributed by atoms with Crippen LogP contribution in [0.25, 0.3) is 11.2 Å². The van der Waals surface area contributed by atoms with E-state index < -0.39 is 44.8 Å². The number of rotatable bonds is 10. The molecule has 3 aromatic rings. The van der Waals surface area contributed by atoms with E-state index in [0.717, 1.165) is 0 Å². The highest BCUT2D eigenvalue weighted by Crippen LogP contribution is 2.49. The Labute approximate surface area is 230 Å². The SMILES string of the molecule is C[C@H](NP(=O)(Oc1ccccc1)O[C@@H]1C[C@H](n2cnc3c(N)nc(Cl)nc32)OC1CO)C(=O)OCC(C)(C)C. The zero-order chi connectivity index (χ0) is 28.4. The first-order valence-electron chi connectivity index (χ1n) is 12.3. The van der Waals surface area contributed by atoms with Gasteiger partial charge in [0.25, 0.3) is 0 Å². The number of halogens is 1. The van der Waals surface area contributed by atoms with Gasteiger partial charge in [-0.05, 0) is 36.1 Å². The first kappa shape index (κ1) is 29.2. The van der Waals surface area contributed by atoms with Crippen LogP contribution >= 0.6 is 19.3 Å². The van der Waals surface area contributed by atoms with Gasteiger partial charge in [0.15, 0.2) is 11.5 Å². The highest BCUT2D eigenvalue weighted by Gasteiger charge is 2.44. The van der Waals surface area contributed by atoms with E-state index in [9.17, 15) is 14.5 Å². The zero-order valence-corrected chi connectivity index (χ0v) is 23.6. The van der Waals surface area contributed by atoms with Crippen LogP contribution in [0.15, 0.2) is 36.7 Å². The van der Waals surface area contributed by atoms with Gasteiger partial charge in [0, 0.05) is 6.42 Å². The molecule has 212 valence electrons. The third kappa shape index (κ3) is 7.24. The number of aliphatic hydroxyl groups is 1. The smallest absolute Gasteiger partial charge is 0.459 e. The molecule has 5 atom stereocenters. The Morgan fingerprint density at radius 1 is 1.33 bits per heavy atom. The summed E-state index contributed by atoms with van der Waals surface area (Å²) < 4.78 is 38.7. The molecule has 1 aromatic carbocycles. The van der Waals surface area contributed by atoms with Crippen LogP contribution in [0.2, 0.25) is 5.28 Å². The number of fused-ring (bicyclic) bond motifs is 1. The summed E-state index contributed by atoms with van der Waals surface area (Å²) in [7, 11) is -4.22. The van der Waals surface area contributed by atoms with Crippen molar-refractivity contribution in [3.8, 4) is 5.75 Å². The van der Waals surface area contributed by atoms with Crippen LogP contribution in [0, 0.1) is 5.41 Å². The van der Waals surface area contributed by atoms with Gasteiger partial charge in [0.05, 0.1) is 19.5 Å². The summed E-state index contributed by atoms with van der Waals surface area (Å²) in [5.41, 5.74) is 6.31. The predicted molar refractivity (Wildman–Crippen MR) is 143 cm³/mol. The van der Waals surface area contributed by atoms with Crippen molar-refractivity contribution >= 4 is 42.3 Å². The number of imidazole rings is 1. The maximum atomic E-state index is 14.0. The van der Waals surface area contributed by atoms with Crippen LogP contribution in [0.3, 0.4) is 0 Å². The lowest BCUT2D eigenvalue weighted by molar-refractivity contribution is -0.148. The van der Waals surface area contributed by atoms with Crippen molar-refractivity contribution in [3.05, 3.63) is 41.9 Å². The minimum atomic E-state index is -4.22. The third-order valence-electron chi connectivity index (χ3n) is 5.69. The molecular weight excluding hydrogens is 551 g/mol. The summed E-state index contributed by atoms with van der Waals surface area (Å²) in [5, 5.41) is 12.6. The number of aromatic nitrogens is 4. The van der Waals surface area contributed by atoms with Gasteiger partial charge in [-0.25, -0.2) is 9.55 Å². The number of para-hydroxylation sites is 1. The Kier molecular flexibility index (Phi) is 8.79. The molecule has 0 radical (unpaired) electrons. The number of hydrogen-bond acceptors (Lipinski definition) is 11. The number of esters is 1. The fourth-order valence-corrected chi connectivity index (χ4v) is 5.73. The van der Waals surface area contributed by atoms with Crippen molar-refractivity contribution in [1.29, 1.82) is 0 Å². The summed E-state index contributed by atoms with van der Waals surface area (Å²) in [6.07, 6.45) is -0.933. The number of carbonyl (C=O) groups excluding carboxylic acids is 1. The van der Waals surface area contributed by atoms with Crippen LogP contribution in [0.5, 0.6) is 5.75 Å². The van der Waals surface area contributed by atoms with Crippen molar-refractivity contribution in [2.75, 3.05) is 18.9 Å². The second-order valence-corrected chi connectivity index (χ2v) is 12.3. The maximum Gasteiger partial charge on any atom is 0.459 e. The number of benzene rings is 1. The van der Waals surface area contributed by atoms with E-state index in [1.165, 1.54) is 13.3 Å². The number of anilines is 1. The van der Waals surface area contributed by atoms with Gasteiger partial charge in [-0.15, -0.1) is 0 Å². The molecule has 1 aliphatic heterocycles. The number of nitrogens with two attached hydrogens (primary N) is 1. The van der Waals surface area contributed by atoms with Gasteiger partial charge in [0.2, 0.25) is 5.28 Å². The number of ether oxygens (including phenoxy) is 2. The van der Waals surface area contributed by atoms with Crippen molar-refractivity contribution < 1.29 is 33.0 Å². The van der Waals surface area contributed by atoms with Gasteiger partial charge >= 0.3 is 13.7 Å². The molecule has 0 aliphatic carbocycles. The summed E-state index contributed by atoms with van der Waals surface area (Å²) in [6, 6.07) is 7.34. The number of nitrogens with zero attached hydrogens (tertiary/aromatic N) is 4.